The van der Waals surface area contributed by atoms with Crippen LogP contribution < -0.4 is 4.74 Å². The van der Waals surface area contributed by atoms with Crippen molar-refractivity contribution in [1.82, 2.24) is 9.97 Å². The molecule has 13 heteroatoms. The van der Waals surface area contributed by atoms with Crippen LogP contribution in [-0.4, -0.2) is 38.1 Å². The average Bonchev–Trinajstić information content (AvgIpc) is 2.85. The van der Waals surface area contributed by atoms with E-state index in [1.807, 2.05) is 6.07 Å². The highest BCUT2D eigenvalue weighted by molar-refractivity contribution is 6.30. The number of aryl methyl sites for hydroxylation is 2. The molecule has 1 N–H and O–H groups in total. The topological polar surface area (TPSA) is 189 Å². The molecule has 0 radical (unpaired) electrons. The van der Waals surface area contributed by atoms with Crippen molar-refractivity contribution in [3.8, 4) is 18.0 Å². The standard InChI is InChI=1S/C13H17N3O3.C7H4ClN3O2.C6H14O/c1-9(2)5-4-6-19-13-11(8-14)7-12(16(17)18)10(3)15-13;1-4-6(11(12)13)2-5(3-9)7(8)10-4;1-6(2)4-3-5-7/h7,9H,4-6H2,1-3H3;2H,1H3;6-7H,3-5H2,1-2H3. The van der Waals surface area contributed by atoms with Gasteiger partial charge in [0.25, 0.3) is 11.4 Å². The van der Waals surface area contributed by atoms with Crippen LogP contribution in [0.1, 0.15) is 75.9 Å². The van der Waals surface area contributed by atoms with Crippen molar-refractivity contribution in [2.45, 2.75) is 67.2 Å². The van der Waals surface area contributed by atoms with Gasteiger partial charge in [-0.1, -0.05) is 39.3 Å². The van der Waals surface area contributed by atoms with E-state index in [9.17, 15) is 20.2 Å². The summed E-state index contributed by atoms with van der Waals surface area (Å²) in [4.78, 5) is 27.7. The van der Waals surface area contributed by atoms with Gasteiger partial charge in [-0.3, -0.25) is 20.2 Å². The van der Waals surface area contributed by atoms with Crippen LogP contribution in [0.15, 0.2) is 12.1 Å². The first kappa shape index (κ1) is 35.1. The van der Waals surface area contributed by atoms with E-state index in [1.54, 1.807) is 6.07 Å². The summed E-state index contributed by atoms with van der Waals surface area (Å²) < 4.78 is 5.44. The molecule has 2 aromatic heterocycles. The Morgan fingerprint density at radius 1 is 0.923 bits per heavy atom. The summed E-state index contributed by atoms with van der Waals surface area (Å²) in [6, 6.07) is 5.92. The Balaban J connectivity index is 0.000000622. The van der Waals surface area contributed by atoms with Crippen LogP contribution in [-0.2, 0) is 0 Å². The fourth-order valence-corrected chi connectivity index (χ4v) is 3.16. The Bertz CT molecular complexity index is 1190. The Hall–Kier alpha value is -3.87. The molecule has 0 saturated heterocycles. The molecule has 0 saturated carbocycles. The van der Waals surface area contributed by atoms with Crippen molar-refractivity contribution in [3.05, 3.63) is 60.0 Å². The van der Waals surface area contributed by atoms with E-state index >= 15 is 0 Å². The third-order valence-corrected chi connectivity index (χ3v) is 5.32. The van der Waals surface area contributed by atoms with Gasteiger partial charge in [-0.05, 0) is 51.4 Å². The van der Waals surface area contributed by atoms with Crippen LogP contribution in [0, 0.1) is 68.6 Å². The maximum atomic E-state index is 10.8. The van der Waals surface area contributed by atoms with Crippen molar-refractivity contribution in [2.75, 3.05) is 13.2 Å². The molecule has 0 bridgehead atoms. The van der Waals surface area contributed by atoms with Crippen LogP contribution in [0.5, 0.6) is 5.88 Å². The van der Waals surface area contributed by atoms with Crippen molar-refractivity contribution >= 4 is 23.0 Å². The number of aliphatic hydroxyl groups excluding tert-OH is 1. The molecule has 0 aliphatic carbocycles. The van der Waals surface area contributed by atoms with Crippen molar-refractivity contribution < 1.29 is 19.7 Å². The average molecular weight is 563 g/mol. The Kier molecular flexibility index (Phi) is 16.6. The summed E-state index contributed by atoms with van der Waals surface area (Å²) in [6.07, 6.45) is 3.99. The van der Waals surface area contributed by atoms with E-state index in [4.69, 9.17) is 32.0 Å². The molecule has 2 aromatic rings. The quantitative estimate of drug-likeness (QED) is 0.150. The van der Waals surface area contributed by atoms with E-state index in [2.05, 4.69) is 37.7 Å². The van der Waals surface area contributed by atoms with Crippen molar-refractivity contribution in [2.24, 2.45) is 11.8 Å². The lowest BCUT2D eigenvalue weighted by atomic mass is 10.1. The predicted molar refractivity (Wildman–Crippen MR) is 146 cm³/mol. The maximum Gasteiger partial charge on any atom is 0.292 e. The van der Waals surface area contributed by atoms with Gasteiger partial charge in [0.15, 0.2) is 0 Å². The number of nitrogens with zero attached hydrogens (tertiary/aromatic N) is 6. The third kappa shape index (κ3) is 13.5. The minimum Gasteiger partial charge on any atom is -0.477 e. The molecular formula is C26H35ClN6O6. The van der Waals surface area contributed by atoms with Gasteiger partial charge < -0.3 is 9.84 Å². The van der Waals surface area contributed by atoms with Crippen LogP contribution in [0.25, 0.3) is 0 Å². The zero-order valence-electron chi connectivity index (χ0n) is 23.1. The highest BCUT2D eigenvalue weighted by atomic mass is 35.5. The minimum atomic E-state index is -0.598. The highest BCUT2D eigenvalue weighted by Gasteiger charge is 2.18. The van der Waals surface area contributed by atoms with E-state index in [-0.39, 0.29) is 44.9 Å². The van der Waals surface area contributed by atoms with Gasteiger partial charge in [0, 0.05) is 18.7 Å². The maximum absolute atomic E-state index is 10.8. The zero-order chi connectivity index (χ0) is 30.1. The Labute approximate surface area is 233 Å². The number of pyridine rings is 2. The highest BCUT2D eigenvalue weighted by Crippen LogP contribution is 2.24. The number of aliphatic hydroxyl groups is 1. The predicted octanol–water partition coefficient (Wildman–Crippen LogP) is 6.22. The SMILES string of the molecule is CC(C)CCCO.Cc1nc(Cl)c(C#N)cc1[N+](=O)[O-].Cc1nc(OCCCC(C)C)c(C#N)cc1[N+](=O)[O-]. The van der Waals surface area contributed by atoms with E-state index in [1.165, 1.54) is 19.9 Å². The van der Waals surface area contributed by atoms with Gasteiger partial charge in [0.05, 0.1) is 22.0 Å². The van der Waals surface area contributed by atoms with E-state index in [0.29, 0.717) is 19.1 Å². The summed E-state index contributed by atoms with van der Waals surface area (Å²) >= 11 is 5.55. The van der Waals surface area contributed by atoms with Gasteiger partial charge in [-0.25, -0.2) is 9.97 Å². The number of rotatable bonds is 10. The molecule has 2 rings (SSSR count). The summed E-state index contributed by atoms with van der Waals surface area (Å²) in [5.41, 5.74) is 0.213. The lowest BCUT2D eigenvalue weighted by molar-refractivity contribution is -0.385. The largest absolute Gasteiger partial charge is 0.477 e. The molecule has 12 nitrogen and oxygen atoms in total. The van der Waals surface area contributed by atoms with Crippen molar-refractivity contribution in [1.29, 1.82) is 10.5 Å². The van der Waals surface area contributed by atoms with Gasteiger partial charge in [-0.15, -0.1) is 0 Å². The summed E-state index contributed by atoms with van der Waals surface area (Å²) in [5.74, 6) is 1.51. The summed E-state index contributed by atoms with van der Waals surface area (Å²) in [5, 5.41) is 47.0. The van der Waals surface area contributed by atoms with Crippen LogP contribution in [0.2, 0.25) is 5.15 Å². The number of hydrogen-bond acceptors (Lipinski definition) is 10. The third-order valence-electron chi connectivity index (χ3n) is 5.03. The lowest BCUT2D eigenvalue weighted by Crippen LogP contribution is -2.05. The molecule has 2 heterocycles. The first-order valence-corrected chi connectivity index (χ1v) is 12.7. The van der Waals surface area contributed by atoms with Gasteiger partial charge >= 0.3 is 0 Å². The molecule has 0 atom stereocenters. The number of aromatic nitrogens is 2. The fourth-order valence-electron chi connectivity index (χ4n) is 2.94. The molecule has 212 valence electrons. The normalized spacial score (nSPS) is 9.95. The second-order valence-electron chi connectivity index (χ2n) is 9.26. The fraction of sp³-hybridized carbons (Fsp3) is 0.538. The van der Waals surface area contributed by atoms with E-state index < -0.39 is 9.85 Å². The zero-order valence-corrected chi connectivity index (χ0v) is 23.9. The lowest BCUT2D eigenvalue weighted by Gasteiger charge is -2.09. The van der Waals surface area contributed by atoms with Crippen LogP contribution in [0.4, 0.5) is 11.4 Å². The van der Waals surface area contributed by atoms with Gasteiger partial charge in [0.2, 0.25) is 5.88 Å². The van der Waals surface area contributed by atoms with Crippen LogP contribution >= 0.6 is 11.6 Å². The van der Waals surface area contributed by atoms with Gasteiger partial charge in [-0.2, -0.15) is 10.5 Å². The second kappa shape index (κ2) is 18.4. The molecule has 0 fully saturated rings. The molecule has 0 aliphatic heterocycles. The molecule has 0 spiro atoms. The molecular weight excluding hydrogens is 528 g/mol. The number of halogens is 1. The smallest absolute Gasteiger partial charge is 0.292 e. The second-order valence-corrected chi connectivity index (χ2v) is 9.62. The molecule has 0 unspecified atom stereocenters. The van der Waals surface area contributed by atoms with Crippen molar-refractivity contribution in [3.63, 3.8) is 0 Å². The van der Waals surface area contributed by atoms with Gasteiger partial charge in [0.1, 0.15) is 34.2 Å². The summed E-state index contributed by atoms with van der Waals surface area (Å²) in [7, 11) is 0. The molecule has 0 aromatic carbocycles. The first-order chi connectivity index (χ1) is 18.3. The number of nitriles is 2. The molecule has 39 heavy (non-hydrogen) atoms. The number of nitro groups is 2. The molecule has 0 amide bonds. The van der Waals surface area contributed by atoms with Crippen LogP contribution in [0.3, 0.4) is 0 Å². The monoisotopic (exact) mass is 562 g/mol. The molecule has 0 aliphatic rings. The number of hydrogen-bond donors (Lipinski definition) is 1. The first-order valence-electron chi connectivity index (χ1n) is 12.3. The summed E-state index contributed by atoms with van der Waals surface area (Å²) in [6.45, 7) is 12.4. The Morgan fingerprint density at radius 2 is 1.38 bits per heavy atom. The van der Waals surface area contributed by atoms with E-state index in [0.717, 1.165) is 37.7 Å². The minimum absolute atomic E-state index is 0.00870. The number of ether oxygens (including phenoxy) is 1. The Morgan fingerprint density at radius 3 is 1.79 bits per heavy atom.